The van der Waals surface area contributed by atoms with E-state index in [2.05, 4.69) is 58.1 Å². The van der Waals surface area contributed by atoms with Crippen LogP contribution in [0.25, 0.3) is 11.0 Å². The Morgan fingerprint density at radius 2 is 1.65 bits per heavy atom. The lowest BCUT2D eigenvalue weighted by atomic mass is 9.95. The van der Waals surface area contributed by atoms with Gasteiger partial charge in [0.15, 0.2) is 0 Å². The molecule has 1 atom stereocenters. The topological polar surface area (TPSA) is 50.2 Å². The van der Waals surface area contributed by atoms with E-state index in [0.29, 0.717) is 6.04 Å². The molecule has 1 saturated carbocycles. The Morgan fingerprint density at radius 3 is 2.39 bits per heavy atom. The van der Waals surface area contributed by atoms with Crippen molar-refractivity contribution in [3.8, 4) is 0 Å². The minimum atomic E-state index is 0.0401. The Kier molecular flexibility index (Phi) is 5.66. The minimum Gasteiger partial charge on any atom is -0.349 e. The molecule has 1 saturated heterocycles. The lowest BCUT2D eigenvalue weighted by Gasteiger charge is -2.33. The lowest BCUT2D eigenvalue weighted by Crippen LogP contribution is -2.42. The number of nitrogens with zero attached hydrogens (tertiary/aromatic N) is 3. The van der Waals surface area contributed by atoms with Crippen molar-refractivity contribution < 1.29 is 4.79 Å². The largest absolute Gasteiger partial charge is 0.349 e. The summed E-state index contributed by atoms with van der Waals surface area (Å²) in [6.07, 6.45) is 6.84. The van der Waals surface area contributed by atoms with Crippen molar-refractivity contribution in [2.45, 2.75) is 57.5 Å². The Bertz CT molecular complexity index is 1030. The zero-order chi connectivity index (χ0) is 21.2. The van der Waals surface area contributed by atoms with Crippen LogP contribution in [0.3, 0.4) is 0 Å². The molecule has 2 heterocycles. The Morgan fingerprint density at radius 1 is 0.968 bits per heavy atom. The number of aromatic nitrogens is 2. The average molecular weight is 417 g/mol. The van der Waals surface area contributed by atoms with E-state index in [-0.39, 0.29) is 17.9 Å². The molecule has 0 radical (unpaired) electrons. The first-order valence-corrected chi connectivity index (χ1v) is 11.8. The Balaban J connectivity index is 1.28. The highest BCUT2D eigenvalue weighted by molar-refractivity contribution is 5.80. The molecule has 31 heavy (non-hydrogen) atoms. The van der Waals surface area contributed by atoms with Gasteiger partial charge in [0.1, 0.15) is 0 Å². The minimum absolute atomic E-state index is 0.0401. The smallest absolute Gasteiger partial charge is 0.223 e. The number of benzene rings is 2. The van der Waals surface area contributed by atoms with E-state index in [1.165, 1.54) is 31.2 Å². The summed E-state index contributed by atoms with van der Waals surface area (Å²) in [7, 11) is 0. The van der Waals surface area contributed by atoms with Crippen LogP contribution in [-0.2, 0) is 4.79 Å². The SMILES string of the molecule is C[C@@H](NC(=O)C1CCN(c2nc3ccccc3n2C2CCCC2)CC1)c1ccccc1. The summed E-state index contributed by atoms with van der Waals surface area (Å²) in [6.45, 7) is 3.83. The van der Waals surface area contributed by atoms with E-state index in [1.807, 2.05) is 18.2 Å². The van der Waals surface area contributed by atoms with Crippen LogP contribution in [0.15, 0.2) is 54.6 Å². The standard InChI is InChI=1S/C26H32N4O/c1-19(20-9-3-2-4-10-20)27-25(31)21-15-17-29(18-16-21)26-28-23-13-7-8-14-24(23)30(26)22-11-5-6-12-22/h2-4,7-10,13-14,19,21-22H,5-6,11-12,15-18H2,1H3,(H,27,31)/t19-/m1/s1. The number of carbonyl (C=O) groups excluding carboxylic acids is 1. The summed E-state index contributed by atoms with van der Waals surface area (Å²) in [4.78, 5) is 20.3. The maximum absolute atomic E-state index is 12.9. The number of fused-ring (bicyclic) bond motifs is 1. The number of rotatable bonds is 5. The predicted molar refractivity (Wildman–Crippen MR) is 125 cm³/mol. The fourth-order valence-electron chi connectivity index (χ4n) is 5.28. The second-order valence-electron chi connectivity index (χ2n) is 9.11. The molecule has 5 heteroatoms. The van der Waals surface area contributed by atoms with Gasteiger partial charge in [-0.1, -0.05) is 55.3 Å². The first-order chi connectivity index (χ1) is 15.2. The second-order valence-corrected chi connectivity index (χ2v) is 9.11. The van der Waals surface area contributed by atoms with E-state index < -0.39 is 0 Å². The summed E-state index contributed by atoms with van der Waals surface area (Å²) in [6, 6.07) is 19.3. The van der Waals surface area contributed by atoms with Crippen LogP contribution >= 0.6 is 0 Å². The maximum atomic E-state index is 12.9. The highest BCUT2D eigenvalue weighted by Gasteiger charge is 2.30. The van der Waals surface area contributed by atoms with Crippen molar-refractivity contribution in [2.75, 3.05) is 18.0 Å². The van der Waals surface area contributed by atoms with Gasteiger partial charge in [-0.25, -0.2) is 4.98 Å². The van der Waals surface area contributed by atoms with Gasteiger partial charge in [0, 0.05) is 25.0 Å². The van der Waals surface area contributed by atoms with E-state index >= 15 is 0 Å². The second kappa shape index (κ2) is 8.74. The first kappa shape index (κ1) is 20.1. The Labute approximate surface area is 184 Å². The number of piperidine rings is 1. The van der Waals surface area contributed by atoms with Crippen LogP contribution in [-0.4, -0.2) is 28.5 Å². The van der Waals surface area contributed by atoms with Gasteiger partial charge in [0.2, 0.25) is 11.9 Å². The molecule has 162 valence electrons. The Hall–Kier alpha value is -2.82. The number of hydrogen-bond donors (Lipinski definition) is 1. The van der Waals surface area contributed by atoms with Gasteiger partial charge in [-0.15, -0.1) is 0 Å². The van der Waals surface area contributed by atoms with Crippen molar-refractivity contribution in [2.24, 2.45) is 5.92 Å². The van der Waals surface area contributed by atoms with Gasteiger partial charge in [0.05, 0.1) is 17.1 Å². The third-order valence-corrected chi connectivity index (χ3v) is 7.07. The number of hydrogen-bond acceptors (Lipinski definition) is 3. The van der Waals surface area contributed by atoms with Gasteiger partial charge < -0.3 is 14.8 Å². The van der Waals surface area contributed by atoms with Crippen molar-refractivity contribution >= 4 is 22.9 Å². The number of anilines is 1. The first-order valence-electron chi connectivity index (χ1n) is 11.8. The molecule has 1 N–H and O–H groups in total. The normalized spacial score (nSPS) is 19.1. The number of imidazole rings is 1. The monoisotopic (exact) mass is 416 g/mol. The zero-order valence-corrected chi connectivity index (χ0v) is 18.3. The molecular weight excluding hydrogens is 384 g/mol. The van der Waals surface area contributed by atoms with E-state index in [9.17, 15) is 4.79 Å². The van der Waals surface area contributed by atoms with Crippen LogP contribution in [0.4, 0.5) is 5.95 Å². The molecular formula is C26H32N4O. The molecule has 0 spiro atoms. The molecule has 0 bridgehead atoms. The summed E-state index contributed by atoms with van der Waals surface area (Å²) >= 11 is 0. The quantitative estimate of drug-likeness (QED) is 0.618. The van der Waals surface area contributed by atoms with E-state index in [0.717, 1.165) is 43.0 Å². The van der Waals surface area contributed by atoms with Crippen molar-refractivity contribution in [3.63, 3.8) is 0 Å². The van der Waals surface area contributed by atoms with Crippen LogP contribution in [0.2, 0.25) is 0 Å². The highest BCUT2D eigenvalue weighted by atomic mass is 16.1. The van der Waals surface area contributed by atoms with Crippen molar-refractivity contribution in [1.82, 2.24) is 14.9 Å². The molecule has 1 amide bonds. The molecule has 5 nitrogen and oxygen atoms in total. The van der Waals surface area contributed by atoms with Crippen molar-refractivity contribution in [3.05, 3.63) is 60.2 Å². The molecule has 5 rings (SSSR count). The number of para-hydroxylation sites is 2. The number of nitrogens with one attached hydrogen (secondary N) is 1. The molecule has 1 aromatic heterocycles. The number of amides is 1. The highest BCUT2D eigenvalue weighted by Crippen LogP contribution is 2.37. The van der Waals surface area contributed by atoms with Gasteiger partial charge in [0.25, 0.3) is 0 Å². The van der Waals surface area contributed by atoms with Gasteiger partial charge in [-0.05, 0) is 50.3 Å². The van der Waals surface area contributed by atoms with Crippen LogP contribution in [0, 0.1) is 5.92 Å². The van der Waals surface area contributed by atoms with Crippen LogP contribution < -0.4 is 10.2 Å². The molecule has 2 aromatic carbocycles. The molecule has 1 aliphatic carbocycles. The average Bonchev–Trinajstić information content (AvgIpc) is 3.47. The fraction of sp³-hybridized carbons (Fsp3) is 0.462. The number of carbonyl (C=O) groups is 1. The molecule has 3 aromatic rings. The summed E-state index contributed by atoms with van der Waals surface area (Å²) < 4.78 is 2.49. The van der Waals surface area contributed by atoms with Gasteiger partial charge in [-0.2, -0.15) is 0 Å². The summed E-state index contributed by atoms with van der Waals surface area (Å²) in [5.74, 6) is 1.36. The summed E-state index contributed by atoms with van der Waals surface area (Å²) in [5, 5.41) is 3.22. The summed E-state index contributed by atoms with van der Waals surface area (Å²) in [5.41, 5.74) is 3.49. The molecule has 0 unspecified atom stereocenters. The molecule has 2 aliphatic rings. The maximum Gasteiger partial charge on any atom is 0.223 e. The van der Waals surface area contributed by atoms with Gasteiger partial charge >= 0.3 is 0 Å². The van der Waals surface area contributed by atoms with Crippen LogP contribution in [0.5, 0.6) is 0 Å². The zero-order valence-electron chi connectivity index (χ0n) is 18.3. The fourth-order valence-corrected chi connectivity index (χ4v) is 5.28. The lowest BCUT2D eigenvalue weighted by molar-refractivity contribution is -0.126. The predicted octanol–water partition coefficient (Wildman–Crippen LogP) is 5.25. The van der Waals surface area contributed by atoms with Gasteiger partial charge in [-0.3, -0.25) is 4.79 Å². The van der Waals surface area contributed by atoms with Crippen LogP contribution in [0.1, 0.15) is 63.1 Å². The third-order valence-electron chi connectivity index (χ3n) is 7.07. The van der Waals surface area contributed by atoms with Crippen molar-refractivity contribution in [1.29, 1.82) is 0 Å². The molecule has 2 fully saturated rings. The van der Waals surface area contributed by atoms with E-state index in [4.69, 9.17) is 4.98 Å². The van der Waals surface area contributed by atoms with E-state index in [1.54, 1.807) is 0 Å². The molecule has 1 aliphatic heterocycles. The third kappa shape index (κ3) is 4.06.